The van der Waals surface area contributed by atoms with Crippen LogP contribution in [0.1, 0.15) is 58.4 Å². The third kappa shape index (κ3) is 3.46. The summed E-state index contributed by atoms with van der Waals surface area (Å²) >= 11 is 6.00. The van der Waals surface area contributed by atoms with Gasteiger partial charge in [-0.05, 0) is 42.9 Å². The first-order chi connectivity index (χ1) is 11.7. The number of rotatable bonds is 2. The zero-order chi connectivity index (χ0) is 18.2. The van der Waals surface area contributed by atoms with Crippen LogP contribution in [0.15, 0.2) is 24.3 Å². The van der Waals surface area contributed by atoms with Crippen molar-refractivity contribution < 1.29 is 9.90 Å². The predicted molar refractivity (Wildman–Crippen MR) is 101 cm³/mol. The van der Waals surface area contributed by atoms with Gasteiger partial charge in [-0.15, -0.1) is 0 Å². The number of benzene rings is 1. The summed E-state index contributed by atoms with van der Waals surface area (Å²) in [6.45, 7) is 7.54. The lowest BCUT2D eigenvalue weighted by molar-refractivity contribution is -0.158. The Morgan fingerprint density at radius 1 is 1.20 bits per heavy atom. The third-order valence-electron chi connectivity index (χ3n) is 6.51. The van der Waals surface area contributed by atoms with E-state index < -0.39 is 11.0 Å². The molecule has 2 fully saturated rings. The Labute approximate surface area is 156 Å². The van der Waals surface area contributed by atoms with Crippen LogP contribution in [0.5, 0.6) is 0 Å². The number of halogens is 1. The largest absolute Gasteiger partial charge is 0.384 e. The molecule has 2 aliphatic rings. The average Bonchev–Trinajstić information content (AvgIpc) is 2.57. The predicted octanol–water partition coefficient (Wildman–Crippen LogP) is 4.61. The number of aliphatic hydroxyl groups is 1. The highest BCUT2D eigenvalue weighted by Crippen LogP contribution is 2.46. The molecule has 1 aliphatic heterocycles. The number of carbonyl (C=O) groups is 1. The maximum atomic E-state index is 13.1. The van der Waals surface area contributed by atoms with Crippen LogP contribution in [0.3, 0.4) is 0 Å². The molecule has 1 saturated heterocycles. The molecule has 3 atom stereocenters. The summed E-state index contributed by atoms with van der Waals surface area (Å²) < 4.78 is 0. The number of hydrogen-bond acceptors (Lipinski definition) is 2. The zero-order valence-corrected chi connectivity index (χ0v) is 16.4. The van der Waals surface area contributed by atoms with Gasteiger partial charge in [0.05, 0.1) is 5.60 Å². The standard InChI is InChI=1S/C21H30ClNO2/c1-15-6-4-5-7-18(15)19(24)23-13-12-21(25,20(2,3)14-23)16-8-10-17(22)11-9-16/h8-11,15,18,25H,4-7,12-14H2,1-3H3/t15-,18+,21+/m1/s1. The van der Waals surface area contributed by atoms with Crippen LogP contribution in [0.25, 0.3) is 0 Å². The van der Waals surface area contributed by atoms with E-state index in [1.807, 2.05) is 29.2 Å². The van der Waals surface area contributed by atoms with Crippen LogP contribution < -0.4 is 0 Å². The molecule has 0 spiro atoms. The van der Waals surface area contributed by atoms with Crippen molar-refractivity contribution in [1.82, 2.24) is 4.90 Å². The minimum absolute atomic E-state index is 0.159. The van der Waals surface area contributed by atoms with E-state index in [4.69, 9.17) is 11.6 Å². The molecule has 138 valence electrons. The first-order valence-corrected chi connectivity index (χ1v) is 9.90. The molecule has 1 N–H and O–H groups in total. The molecule has 1 amide bonds. The molecule has 3 rings (SSSR count). The van der Waals surface area contributed by atoms with E-state index in [-0.39, 0.29) is 5.92 Å². The number of nitrogens with zero attached hydrogens (tertiary/aromatic N) is 1. The molecule has 4 heteroatoms. The van der Waals surface area contributed by atoms with Gasteiger partial charge >= 0.3 is 0 Å². The van der Waals surface area contributed by atoms with E-state index in [9.17, 15) is 9.90 Å². The van der Waals surface area contributed by atoms with E-state index in [2.05, 4.69) is 20.8 Å². The fraction of sp³-hybridized carbons (Fsp3) is 0.667. The van der Waals surface area contributed by atoms with Crippen molar-refractivity contribution >= 4 is 17.5 Å². The molecular weight excluding hydrogens is 334 g/mol. The molecule has 1 aliphatic carbocycles. The lowest BCUT2D eigenvalue weighted by atomic mass is 9.66. The highest BCUT2D eigenvalue weighted by atomic mass is 35.5. The molecule has 25 heavy (non-hydrogen) atoms. The van der Waals surface area contributed by atoms with Gasteiger partial charge < -0.3 is 10.0 Å². The molecule has 3 nitrogen and oxygen atoms in total. The molecule has 0 bridgehead atoms. The van der Waals surface area contributed by atoms with Crippen LogP contribution in [0.2, 0.25) is 5.02 Å². The quantitative estimate of drug-likeness (QED) is 0.833. The summed E-state index contributed by atoms with van der Waals surface area (Å²) in [5.41, 5.74) is -0.459. The minimum atomic E-state index is -0.938. The second-order valence-electron chi connectivity index (χ2n) is 8.63. The van der Waals surface area contributed by atoms with Crippen LogP contribution >= 0.6 is 11.6 Å². The van der Waals surface area contributed by atoms with Crippen LogP contribution in [0.4, 0.5) is 0 Å². The minimum Gasteiger partial charge on any atom is -0.384 e. The number of piperidine rings is 1. The lowest BCUT2D eigenvalue weighted by Gasteiger charge is -2.51. The van der Waals surface area contributed by atoms with E-state index >= 15 is 0 Å². The number of carbonyl (C=O) groups excluding carboxylic acids is 1. The number of likely N-dealkylation sites (tertiary alicyclic amines) is 1. The molecule has 0 unspecified atom stereocenters. The van der Waals surface area contributed by atoms with Gasteiger partial charge in [0.15, 0.2) is 0 Å². The first kappa shape index (κ1) is 18.7. The van der Waals surface area contributed by atoms with Gasteiger partial charge in [0.1, 0.15) is 0 Å². The fourth-order valence-electron chi connectivity index (χ4n) is 4.69. The topological polar surface area (TPSA) is 40.5 Å². The summed E-state index contributed by atoms with van der Waals surface area (Å²) in [6, 6.07) is 7.47. The van der Waals surface area contributed by atoms with Crippen molar-refractivity contribution in [3.8, 4) is 0 Å². The molecule has 0 aromatic heterocycles. The Kier molecular flexibility index (Phi) is 5.18. The molecule has 0 radical (unpaired) electrons. The molecule has 1 aromatic carbocycles. The highest BCUT2D eigenvalue weighted by Gasteiger charge is 2.50. The second-order valence-corrected chi connectivity index (χ2v) is 9.07. The summed E-state index contributed by atoms with van der Waals surface area (Å²) in [4.78, 5) is 15.1. The van der Waals surface area contributed by atoms with Gasteiger partial charge in [-0.25, -0.2) is 0 Å². The lowest BCUT2D eigenvalue weighted by Crippen LogP contribution is -2.58. The van der Waals surface area contributed by atoms with Crippen molar-refractivity contribution in [3.05, 3.63) is 34.9 Å². The van der Waals surface area contributed by atoms with Crippen LogP contribution in [-0.2, 0) is 10.4 Å². The summed E-state index contributed by atoms with van der Waals surface area (Å²) in [5.74, 6) is 0.922. The summed E-state index contributed by atoms with van der Waals surface area (Å²) in [7, 11) is 0. The Balaban J connectivity index is 1.78. The molecule has 1 saturated carbocycles. The summed E-state index contributed by atoms with van der Waals surface area (Å²) in [5, 5.41) is 12.1. The van der Waals surface area contributed by atoms with Crippen molar-refractivity contribution in [2.24, 2.45) is 17.3 Å². The maximum absolute atomic E-state index is 13.1. The molecule has 1 aromatic rings. The van der Waals surface area contributed by atoms with E-state index in [1.165, 1.54) is 6.42 Å². The van der Waals surface area contributed by atoms with Crippen molar-refractivity contribution in [2.75, 3.05) is 13.1 Å². The van der Waals surface area contributed by atoms with E-state index in [0.717, 1.165) is 24.8 Å². The van der Waals surface area contributed by atoms with Gasteiger partial charge in [-0.1, -0.05) is 57.3 Å². The first-order valence-electron chi connectivity index (χ1n) is 9.52. The van der Waals surface area contributed by atoms with E-state index in [0.29, 0.717) is 36.4 Å². The SMILES string of the molecule is C[C@@H]1CCCC[C@@H]1C(=O)N1CC[C@](O)(c2ccc(Cl)cc2)C(C)(C)C1. The molecular formula is C21H30ClNO2. The average molecular weight is 364 g/mol. The van der Waals surface area contributed by atoms with Crippen molar-refractivity contribution in [2.45, 2.75) is 58.5 Å². The Bertz CT molecular complexity index is 627. The normalized spacial score (nSPS) is 32.4. The Hall–Kier alpha value is -1.06. The van der Waals surface area contributed by atoms with Crippen molar-refractivity contribution in [3.63, 3.8) is 0 Å². The van der Waals surface area contributed by atoms with Gasteiger partial charge in [0.25, 0.3) is 0 Å². The number of amides is 1. The Morgan fingerprint density at radius 3 is 2.44 bits per heavy atom. The fourth-order valence-corrected chi connectivity index (χ4v) is 4.81. The van der Waals surface area contributed by atoms with Crippen molar-refractivity contribution in [1.29, 1.82) is 0 Å². The van der Waals surface area contributed by atoms with Gasteiger partial charge in [-0.2, -0.15) is 0 Å². The van der Waals surface area contributed by atoms with Gasteiger partial charge in [-0.3, -0.25) is 4.79 Å². The van der Waals surface area contributed by atoms with Crippen LogP contribution in [0, 0.1) is 17.3 Å². The van der Waals surface area contributed by atoms with Gasteiger partial charge in [0.2, 0.25) is 5.91 Å². The maximum Gasteiger partial charge on any atom is 0.225 e. The zero-order valence-electron chi connectivity index (χ0n) is 15.6. The monoisotopic (exact) mass is 363 g/mol. The number of hydrogen-bond donors (Lipinski definition) is 1. The second kappa shape index (κ2) is 6.92. The Morgan fingerprint density at radius 2 is 1.84 bits per heavy atom. The van der Waals surface area contributed by atoms with E-state index in [1.54, 1.807) is 0 Å². The highest BCUT2D eigenvalue weighted by molar-refractivity contribution is 6.30. The smallest absolute Gasteiger partial charge is 0.225 e. The van der Waals surface area contributed by atoms with Crippen LogP contribution in [-0.4, -0.2) is 29.0 Å². The third-order valence-corrected chi connectivity index (χ3v) is 6.76. The van der Waals surface area contributed by atoms with Gasteiger partial charge in [0, 0.05) is 29.4 Å². The summed E-state index contributed by atoms with van der Waals surface area (Å²) in [6.07, 6.45) is 5.13. The molecule has 1 heterocycles.